The van der Waals surface area contributed by atoms with Crippen LogP contribution in [0, 0.1) is 5.92 Å². The quantitative estimate of drug-likeness (QED) is 0.825. The van der Waals surface area contributed by atoms with Crippen molar-refractivity contribution < 1.29 is 14.7 Å². The average Bonchev–Trinajstić information content (AvgIpc) is 3.00. The maximum Gasteiger partial charge on any atom is 0.232 e. The summed E-state index contributed by atoms with van der Waals surface area (Å²) < 4.78 is 0. The van der Waals surface area contributed by atoms with E-state index in [2.05, 4.69) is 27.2 Å². The number of para-hydroxylation sites is 1. The molecule has 2 N–H and O–H groups in total. The lowest BCUT2D eigenvalue weighted by Crippen LogP contribution is -2.57. The smallest absolute Gasteiger partial charge is 0.232 e. The summed E-state index contributed by atoms with van der Waals surface area (Å²) in [5, 5.41) is 12.3. The minimum absolute atomic E-state index is 0.141. The van der Waals surface area contributed by atoms with Crippen LogP contribution in [0.4, 0.5) is 11.4 Å². The first kappa shape index (κ1) is 16.4. The molecule has 0 aliphatic carbocycles. The summed E-state index contributed by atoms with van der Waals surface area (Å²) in [5.74, 6) is -0.622. The van der Waals surface area contributed by atoms with Crippen LogP contribution < -0.4 is 15.1 Å². The van der Waals surface area contributed by atoms with E-state index >= 15 is 0 Å². The number of carbonyl (C=O) groups is 2. The molecule has 134 valence electrons. The number of anilines is 2. The van der Waals surface area contributed by atoms with Crippen LogP contribution in [-0.2, 0) is 9.59 Å². The number of aromatic hydroxyl groups is 1. The van der Waals surface area contributed by atoms with E-state index in [1.807, 2.05) is 24.3 Å². The fourth-order valence-corrected chi connectivity index (χ4v) is 3.90. The monoisotopic (exact) mass is 351 g/mol. The number of carbonyl (C=O) groups excluding carboxylic acids is 2. The Morgan fingerprint density at radius 2 is 1.73 bits per heavy atom. The van der Waals surface area contributed by atoms with E-state index in [-0.39, 0.29) is 30.0 Å². The van der Waals surface area contributed by atoms with Crippen molar-refractivity contribution in [2.75, 3.05) is 29.4 Å². The molecular formula is C20H21N3O3. The predicted molar refractivity (Wildman–Crippen MR) is 99.2 cm³/mol. The zero-order valence-electron chi connectivity index (χ0n) is 14.3. The minimum atomic E-state index is -0.392. The number of piperazine rings is 1. The molecule has 26 heavy (non-hydrogen) atoms. The fourth-order valence-electron chi connectivity index (χ4n) is 3.90. The van der Waals surface area contributed by atoms with Gasteiger partial charge in [-0.05, 0) is 24.3 Å². The molecule has 2 atom stereocenters. The number of nitrogens with one attached hydrogen (secondary N) is 1. The van der Waals surface area contributed by atoms with Crippen molar-refractivity contribution in [1.29, 1.82) is 0 Å². The first-order valence-corrected chi connectivity index (χ1v) is 8.81. The Kier molecular flexibility index (Phi) is 4.24. The molecule has 2 unspecified atom stereocenters. The number of hydrogen-bond donors (Lipinski definition) is 2. The number of imide groups is 1. The van der Waals surface area contributed by atoms with Gasteiger partial charge in [0.2, 0.25) is 11.8 Å². The van der Waals surface area contributed by atoms with Crippen LogP contribution >= 0.6 is 0 Å². The summed E-state index contributed by atoms with van der Waals surface area (Å²) in [6, 6.07) is 17.0. The number of benzene rings is 2. The minimum Gasteiger partial charge on any atom is -0.508 e. The van der Waals surface area contributed by atoms with Gasteiger partial charge in [-0.1, -0.05) is 24.3 Å². The molecule has 0 radical (unpaired) electrons. The van der Waals surface area contributed by atoms with Crippen LogP contribution in [0.3, 0.4) is 0 Å². The molecule has 2 aromatic carbocycles. The maximum absolute atomic E-state index is 12.3. The molecule has 0 spiro atoms. The highest BCUT2D eigenvalue weighted by Crippen LogP contribution is 2.31. The van der Waals surface area contributed by atoms with Gasteiger partial charge in [0.1, 0.15) is 5.75 Å². The molecule has 6 heteroatoms. The average molecular weight is 351 g/mol. The van der Waals surface area contributed by atoms with E-state index in [4.69, 9.17) is 0 Å². The largest absolute Gasteiger partial charge is 0.508 e. The summed E-state index contributed by atoms with van der Waals surface area (Å²) in [7, 11) is 0. The predicted octanol–water partition coefficient (Wildman–Crippen LogP) is 1.75. The Labute approximate surface area is 152 Å². The van der Waals surface area contributed by atoms with Gasteiger partial charge in [-0.25, -0.2) is 0 Å². The molecule has 4 rings (SSSR count). The lowest BCUT2D eigenvalue weighted by atomic mass is 9.93. The number of amides is 2. The highest BCUT2D eigenvalue weighted by Gasteiger charge is 2.42. The number of phenolic OH excluding ortho intramolecular Hbond substituents is 1. The first-order chi connectivity index (χ1) is 12.6. The molecule has 2 aliphatic heterocycles. The van der Waals surface area contributed by atoms with Crippen molar-refractivity contribution >= 4 is 23.2 Å². The summed E-state index contributed by atoms with van der Waals surface area (Å²) in [5.41, 5.74) is 1.98. The zero-order chi connectivity index (χ0) is 18.1. The first-order valence-electron chi connectivity index (χ1n) is 8.81. The molecule has 0 bridgehead atoms. The van der Waals surface area contributed by atoms with Crippen LogP contribution in [-0.4, -0.2) is 42.6 Å². The van der Waals surface area contributed by atoms with Gasteiger partial charge < -0.3 is 14.9 Å². The standard InChI is InChI=1S/C20H21N3O3/c24-16-8-4-7-15(11-16)23-10-9-22(14-5-2-1-3-6-14)13-18(23)17-12-19(25)21-20(17)26/h1-8,11,17-18,24H,9-10,12-13H2,(H,21,25,26). The zero-order valence-corrected chi connectivity index (χ0v) is 14.3. The summed E-state index contributed by atoms with van der Waals surface area (Å²) in [6.07, 6.45) is 0.210. The van der Waals surface area contributed by atoms with E-state index in [0.29, 0.717) is 13.1 Å². The highest BCUT2D eigenvalue weighted by molar-refractivity contribution is 6.04. The van der Waals surface area contributed by atoms with Crippen LogP contribution in [0.15, 0.2) is 54.6 Å². The Hall–Kier alpha value is -3.02. The third-order valence-electron chi connectivity index (χ3n) is 5.17. The van der Waals surface area contributed by atoms with E-state index in [0.717, 1.165) is 17.9 Å². The van der Waals surface area contributed by atoms with Crippen molar-refractivity contribution in [3.63, 3.8) is 0 Å². The Bertz CT molecular complexity index is 824. The van der Waals surface area contributed by atoms with Gasteiger partial charge in [-0.2, -0.15) is 0 Å². The fraction of sp³-hybridized carbons (Fsp3) is 0.300. The molecule has 2 fully saturated rings. The maximum atomic E-state index is 12.3. The summed E-state index contributed by atoms with van der Waals surface area (Å²) in [4.78, 5) is 28.5. The van der Waals surface area contributed by atoms with Crippen LogP contribution in [0.1, 0.15) is 6.42 Å². The van der Waals surface area contributed by atoms with Gasteiger partial charge in [0, 0.05) is 43.5 Å². The van der Waals surface area contributed by atoms with E-state index in [1.54, 1.807) is 18.2 Å². The second-order valence-electron chi connectivity index (χ2n) is 6.79. The lowest BCUT2D eigenvalue weighted by molar-refractivity contribution is -0.126. The summed E-state index contributed by atoms with van der Waals surface area (Å²) >= 11 is 0. The lowest BCUT2D eigenvalue weighted by Gasteiger charge is -2.45. The Balaban J connectivity index is 1.66. The van der Waals surface area contributed by atoms with Crippen LogP contribution in [0.25, 0.3) is 0 Å². The van der Waals surface area contributed by atoms with Gasteiger partial charge >= 0.3 is 0 Å². The topological polar surface area (TPSA) is 72.9 Å². The number of rotatable bonds is 3. The van der Waals surface area contributed by atoms with Gasteiger partial charge in [0.25, 0.3) is 0 Å². The highest BCUT2D eigenvalue weighted by atomic mass is 16.3. The molecule has 2 saturated heterocycles. The molecule has 0 aromatic heterocycles. The second kappa shape index (κ2) is 6.71. The number of nitrogens with zero attached hydrogens (tertiary/aromatic N) is 2. The van der Waals surface area contributed by atoms with Gasteiger partial charge in [0.05, 0.1) is 12.0 Å². The molecule has 0 saturated carbocycles. The van der Waals surface area contributed by atoms with Crippen molar-refractivity contribution in [3.8, 4) is 5.75 Å². The normalized spacial score (nSPS) is 23.2. The van der Waals surface area contributed by atoms with E-state index in [9.17, 15) is 14.7 Å². The van der Waals surface area contributed by atoms with Crippen molar-refractivity contribution in [1.82, 2.24) is 5.32 Å². The molecule has 2 aliphatic rings. The molecule has 6 nitrogen and oxygen atoms in total. The van der Waals surface area contributed by atoms with Crippen molar-refractivity contribution in [2.24, 2.45) is 5.92 Å². The third-order valence-corrected chi connectivity index (χ3v) is 5.17. The van der Waals surface area contributed by atoms with Gasteiger partial charge in [0.15, 0.2) is 0 Å². The van der Waals surface area contributed by atoms with E-state index in [1.165, 1.54) is 0 Å². The van der Waals surface area contributed by atoms with Gasteiger partial charge in [-0.3, -0.25) is 14.9 Å². The molecule has 2 amide bonds. The molecular weight excluding hydrogens is 330 g/mol. The molecule has 2 aromatic rings. The number of phenols is 1. The Morgan fingerprint density at radius 1 is 0.962 bits per heavy atom. The van der Waals surface area contributed by atoms with Gasteiger partial charge in [-0.15, -0.1) is 0 Å². The van der Waals surface area contributed by atoms with Crippen molar-refractivity contribution in [2.45, 2.75) is 12.5 Å². The van der Waals surface area contributed by atoms with Crippen molar-refractivity contribution in [3.05, 3.63) is 54.6 Å². The van der Waals surface area contributed by atoms with Crippen LogP contribution in [0.5, 0.6) is 5.75 Å². The summed E-state index contributed by atoms with van der Waals surface area (Å²) in [6.45, 7) is 2.16. The SMILES string of the molecule is O=C1CC(C2CN(c3ccccc3)CCN2c2cccc(O)c2)C(=O)N1. The Morgan fingerprint density at radius 3 is 2.42 bits per heavy atom. The van der Waals surface area contributed by atoms with Crippen LogP contribution in [0.2, 0.25) is 0 Å². The second-order valence-corrected chi connectivity index (χ2v) is 6.79. The van der Waals surface area contributed by atoms with E-state index < -0.39 is 5.92 Å². The molecule has 2 heterocycles. The third kappa shape index (κ3) is 3.10. The number of hydrogen-bond acceptors (Lipinski definition) is 5.